The molecule has 9 heavy (non-hydrogen) atoms. The lowest BCUT2D eigenvalue weighted by atomic mass is 10.2. The van der Waals surface area contributed by atoms with Crippen molar-refractivity contribution in [2.24, 2.45) is 5.73 Å². The molecule has 0 rings (SSSR count). The van der Waals surface area contributed by atoms with E-state index < -0.39 is 18.3 Å². The summed E-state index contributed by atoms with van der Waals surface area (Å²) in [6.07, 6.45) is -6.03. The van der Waals surface area contributed by atoms with E-state index in [1.807, 2.05) is 0 Å². The summed E-state index contributed by atoms with van der Waals surface area (Å²) in [5.74, 6) is 0. The Morgan fingerprint density at radius 2 is 1.78 bits per heavy atom. The predicted molar refractivity (Wildman–Crippen MR) is 25.7 cm³/mol. The molecule has 2 atom stereocenters. The molecule has 5 heteroatoms. The van der Waals surface area contributed by atoms with Crippen LogP contribution in [-0.4, -0.2) is 23.4 Å². The summed E-state index contributed by atoms with van der Waals surface area (Å²) in [6.45, 7) is 0.998. The maximum atomic E-state index is 11.4. The van der Waals surface area contributed by atoms with Gasteiger partial charge in [-0.1, -0.05) is 0 Å². The molecule has 0 aromatic rings. The van der Waals surface area contributed by atoms with Gasteiger partial charge in [-0.2, -0.15) is 13.2 Å². The first-order chi connectivity index (χ1) is 3.85. The molecule has 0 amide bonds. The first-order valence-corrected chi connectivity index (χ1v) is 2.36. The highest BCUT2D eigenvalue weighted by Gasteiger charge is 2.39. The fourth-order valence-electron chi connectivity index (χ4n) is 0.273. The van der Waals surface area contributed by atoms with Gasteiger partial charge < -0.3 is 10.8 Å². The Labute approximate surface area is 50.5 Å². The smallest absolute Gasteiger partial charge is 0.391 e. The van der Waals surface area contributed by atoms with E-state index in [0.717, 1.165) is 6.92 Å². The number of hydrogen-bond donors (Lipinski definition) is 2. The maximum absolute atomic E-state index is 11.4. The lowest BCUT2D eigenvalue weighted by molar-refractivity contribution is -0.166. The van der Waals surface area contributed by atoms with E-state index >= 15 is 0 Å². The standard InChI is InChI=1S/C4H8F3NO/c1-2(9)3(8)4(5,6)7/h2-3,9H,8H2,1H3/t2-,3+/m1/s1. The Bertz CT molecular complexity index is 90.3. The van der Waals surface area contributed by atoms with Crippen molar-refractivity contribution in [1.29, 1.82) is 0 Å². The molecule has 0 bridgehead atoms. The second-order valence-electron chi connectivity index (χ2n) is 1.81. The van der Waals surface area contributed by atoms with Crippen LogP contribution in [0.3, 0.4) is 0 Å². The number of aliphatic hydroxyl groups excluding tert-OH is 1. The summed E-state index contributed by atoms with van der Waals surface area (Å²) in [7, 11) is 0. The SMILES string of the molecule is C[C@@H](O)[C@H](N)C(F)(F)F. The number of nitrogens with two attached hydrogens (primary N) is 1. The highest BCUT2D eigenvalue weighted by Crippen LogP contribution is 2.20. The number of rotatable bonds is 1. The Hall–Kier alpha value is -0.290. The van der Waals surface area contributed by atoms with Gasteiger partial charge in [0.2, 0.25) is 0 Å². The van der Waals surface area contributed by atoms with E-state index in [1.165, 1.54) is 0 Å². The van der Waals surface area contributed by atoms with Crippen LogP contribution in [0.15, 0.2) is 0 Å². The lowest BCUT2D eigenvalue weighted by Gasteiger charge is -2.17. The van der Waals surface area contributed by atoms with Crippen LogP contribution in [0.2, 0.25) is 0 Å². The predicted octanol–water partition coefficient (Wildman–Crippen LogP) is 0.257. The summed E-state index contributed by atoms with van der Waals surface area (Å²) in [5.41, 5.74) is 4.52. The topological polar surface area (TPSA) is 46.2 Å². The summed E-state index contributed by atoms with van der Waals surface area (Å²) in [5, 5.41) is 8.31. The molecule has 0 aliphatic carbocycles. The molecular weight excluding hydrogens is 135 g/mol. The van der Waals surface area contributed by atoms with E-state index in [9.17, 15) is 13.2 Å². The quantitative estimate of drug-likeness (QED) is 0.553. The van der Waals surface area contributed by atoms with Gasteiger partial charge in [0.15, 0.2) is 0 Å². The number of hydrogen-bond acceptors (Lipinski definition) is 2. The van der Waals surface area contributed by atoms with Crippen LogP contribution in [0.4, 0.5) is 13.2 Å². The second kappa shape index (κ2) is 2.53. The van der Waals surface area contributed by atoms with Crippen LogP contribution in [0.1, 0.15) is 6.92 Å². The molecule has 0 aliphatic rings. The Morgan fingerprint density at radius 3 is 1.78 bits per heavy atom. The number of halogens is 3. The van der Waals surface area contributed by atoms with Crippen LogP contribution in [-0.2, 0) is 0 Å². The molecule has 0 aromatic carbocycles. The highest BCUT2D eigenvalue weighted by atomic mass is 19.4. The van der Waals surface area contributed by atoms with Crippen molar-refractivity contribution in [2.45, 2.75) is 25.2 Å². The van der Waals surface area contributed by atoms with Crippen LogP contribution in [0.5, 0.6) is 0 Å². The fourth-order valence-corrected chi connectivity index (χ4v) is 0.273. The van der Waals surface area contributed by atoms with Crippen molar-refractivity contribution in [3.63, 3.8) is 0 Å². The first kappa shape index (κ1) is 8.71. The molecule has 0 spiro atoms. The molecule has 0 saturated carbocycles. The van der Waals surface area contributed by atoms with Gasteiger partial charge in [0.05, 0.1) is 6.10 Å². The van der Waals surface area contributed by atoms with Gasteiger partial charge >= 0.3 is 6.18 Å². The minimum absolute atomic E-state index is 0.998. The third-order valence-corrected chi connectivity index (χ3v) is 0.898. The van der Waals surface area contributed by atoms with E-state index in [4.69, 9.17) is 5.11 Å². The van der Waals surface area contributed by atoms with Gasteiger partial charge in [-0.05, 0) is 6.92 Å². The Balaban J connectivity index is 3.88. The third kappa shape index (κ3) is 2.67. The summed E-state index contributed by atoms with van der Waals surface area (Å²) >= 11 is 0. The van der Waals surface area contributed by atoms with Gasteiger partial charge in [-0.3, -0.25) is 0 Å². The maximum Gasteiger partial charge on any atom is 0.406 e. The van der Waals surface area contributed by atoms with E-state index in [-0.39, 0.29) is 0 Å². The third-order valence-electron chi connectivity index (χ3n) is 0.898. The Morgan fingerprint density at radius 1 is 1.44 bits per heavy atom. The second-order valence-corrected chi connectivity index (χ2v) is 1.81. The normalized spacial score (nSPS) is 19.3. The largest absolute Gasteiger partial charge is 0.406 e. The molecule has 3 N–H and O–H groups in total. The number of alkyl halides is 3. The van der Waals surface area contributed by atoms with Crippen molar-refractivity contribution in [1.82, 2.24) is 0 Å². The van der Waals surface area contributed by atoms with Crippen molar-refractivity contribution in [2.75, 3.05) is 0 Å². The molecular formula is C4H8F3NO. The van der Waals surface area contributed by atoms with Crippen molar-refractivity contribution < 1.29 is 18.3 Å². The molecule has 0 heterocycles. The van der Waals surface area contributed by atoms with Crippen LogP contribution in [0, 0.1) is 0 Å². The van der Waals surface area contributed by atoms with Crippen LogP contribution in [0.25, 0.3) is 0 Å². The zero-order valence-corrected chi connectivity index (χ0v) is 4.81. The molecule has 0 radical (unpaired) electrons. The molecule has 0 saturated heterocycles. The van der Waals surface area contributed by atoms with Gasteiger partial charge in [0.1, 0.15) is 6.04 Å². The monoisotopic (exact) mass is 143 g/mol. The Kier molecular flexibility index (Phi) is 2.45. The average molecular weight is 143 g/mol. The molecule has 0 aliphatic heterocycles. The molecule has 0 fully saturated rings. The zero-order valence-electron chi connectivity index (χ0n) is 4.81. The zero-order chi connectivity index (χ0) is 7.65. The minimum atomic E-state index is -4.49. The highest BCUT2D eigenvalue weighted by molar-refractivity contribution is 4.75. The summed E-state index contributed by atoms with van der Waals surface area (Å²) in [4.78, 5) is 0. The van der Waals surface area contributed by atoms with E-state index in [1.54, 1.807) is 0 Å². The van der Waals surface area contributed by atoms with Crippen molar-refractivity contribution in [3.8, 4) is 0 Å². The molecule has 56 valence electrons. The van der Waals surface area contributed by atoms with Gasteiger partial charge in [-0.25, -0.2) is 0 Å². The molecule has 0 aromatic heterocycles. The van der Waals surface area contributed by atoms with Gasteiger partial charge in [0.25, 0.3) is 0 Å². The minimum Gasteiger partial charge on any atom is -0.391 e. The number of aliphatic hydroxyl groups is 1. The first-order valence-electron chi connectivity index (χ1n) is 2.36. The molecule has 2 nitrogen and oxygen atoms in total. The van der Waals surface area contributed by atoms with Gasteiger partial charge in [-0.15, -0.1) is 0 Å². The van der Waals surface area contributed by atoms with Crippen LogP contribution < -0.4 is 5.73 Å². The van der Waals surface area contributed by atoms with Gasteiger partial charge in [0, 0.05) is 0 Å². The van der Waals surface area contributed by atoms with Crippen molar-refractivity contribution in [3.05, 3.63) is 0 Å². The summed E-state index contributed by atoms with van der Waals surface area (Å²) < 4.78 is 34.2. The molecule has 0 unspecified atom stereocenters. The van der Waals surface area contributed by atoms with E-state index in [0.29, 0.717) is 0 Å². The lowest BCUT2D eigenvalue weighted by Crippen LogP contribution is -2.45. The van der Waals surface area contributed by atoms with E-state index in [2.05, 4.69) is 5.73 Å². The average Bonchev–Trinajstić information content (AvgIpc) is 1.62. The van der Waals surface area contributed by atoms with Crippen LogP contribution >= 0.6 is 0 Å². The van der Waals surface area contributed by atoms with Crippen molar-refractivity contribution >= 4 is 0 Å². The summed E-state index contributed by atoms with van der Waals surface area (Å²) in [6, 6.07) is -2.13. The fraction of sp³-hybridized carbons (Fsp3) is 1.00.